The molecule has 0 radical (unpaired) electrons. The van der Waals surface area contributed by atoms with Crippen molar-refractivity contribution < 1.29 is 9.63 Å². The van der Waals surface area contributed by atoms with E-state index < -0.39 is 0 Å². The smallest absolute Gasteiger partial charge is 0.155 e. The van der Waals surface area contributed by atoms with Crippen molar-refractivity contribution in [1.29, 1.82) is 0 Å². The SMILES string of the molecule is O=C1C=C[C@H]2[C@@H](CON[C@@H]2c2ccccc2)C1. The van der Waals surface area contributed by atoms with Crippen molar-refractivity contribution in [3.05, 3.63) is 48.0 Å². The zero-order valence-corrected chi connectivity index (χ0v) is 9.50. The molecule has 0 unspecified atom stereocenters. The van der Waals surface area contributed by atoms with Crippen LogP contribution in [-0.4, -0.2) is 12.4 Å². The molecule has 1 heterocycles. The first-order valence-electron chi connectivity index (χ1n) is 5.98. The van der Waals surface area contributed by atoms with E-state index in [-0.39, 0.29) is 11.8 Å². The van der Waals surface area contributed by atoms with Crippen LogP contribution in [0.5, 0.6) is 0 Å². The molecule has 3 heteroatoms. The second-order valence-corrected chi connectivity index (χ2v) is 4.68. The van der Waals surface area contributed by atoms with E-state index in [1.807, 2.05) is 24.3 Å². The minimum atomic E-state index is 0.152. The summed E-state index contributed by atoms with van der Waals surface area (Å²) in [5.74, 6) is 0.867. The summed E-state index contributed by atoms with van der Waals surface area (Å²) in [5.41, 5.74) is 4.30. The molecule has 88 valence electrons. The zero-order valence-electron chi connectivity index (χ0n) is 9.50. The third-order valence-electron chi connectivity index (χ3n) is 3.56. The molecule has 3 atom stereocenters. The van der Waals surface area contributed by atoms with Crippen LogP contribution in [0.15, 0.2) is 42.5 Å². The number of allylic oxidation sites excluding steroid dienone is 1. The van der Waals surface area contributed by atoms with Gasteiger partial charge in [-0.3, -0.25) is 4.79 Å². The fourth-order valence-corrected chi connectivity index (χ4v) is 2.67. The summed E-state index contributed by atoms with van der Waals surface area (Å²) in [4.78, 5) is 16.8. The van der Waals surface area contributed by atoms with Gasteiger partial charge >= 0.3 is 0 Å². The van der Waals surface area contributed by atoms with Crippen LogP contribution >= 0.6 is 0 Å². The fourth-order valence-electron chi connectivity index (χ4n) is 2.67. The van der Waals surface area contributed by atoms with Crippen molar-refractivity contribution in [2.24, 2.45) is 11.8 Å². The van der Waals surface area contributed by atoms with Gasteiger partial charge in [-0.25, -0.2) is 0 Å². The molecule has 3 nitrogen and oxygen atoms in total. The van der Waals surface area contributed by atoms with Gasteiger partial charge in [0.05, 0.1) is 12.6 Å². The normalized spacial score (nSPS) is 32.2. The minimum absolute atomic E-state index is 0.152. The summed E-state index contributed by atoms with van der Waals surface area (Å²) >= 11 is 0. The molecular formula is C14H15NO2. The Morgan fingerprint density at radius 2 is 2.06 bits per heavy atom. The van der Waals surface area contributed by atoms with Crippen molar-refractivity contribution in [2.45, 2.75) is 12.5 Å². The first kappa shape index (κ1) is 10.7. The summed E-state index contributed by atoms with van der Waals surface area (Å²) < 4.78 is 0. The van der Waals surface area contributed by atoms with Gasteiger partial charge in [0.15, 0.2) is 5.78 Å². The van der Waals surface area contributed by atoms with Crippen LogP contribution in [0.1, 0.15) is 18.0 Å². The molecule has 3 rings (SSSR count). The lowest BCUT2D eigenvalue weighted by Gasteiger charge is -2.38. The van der Waals surface area contributed by atoms with E-state index >= 15 is 0 Å². The molecule has 1 aromatic carbocycles. The van der Waals surface area contributed by atoms with Crippen LogP contribution in [0.25, 0.3) is 0 Å². The van der Waals surface area contributed by atoms with Gasteiger partial charge in [0.25, 0.3) is 0 Å². The van der Waals surface area contributed by atoms with E-state index in [4.69, 9.17) is 4.84 Å². The van der Waals surface area contributed by atoms with Gasteiger partial charge in [0, 0.05) is 12.3 Å². The number of benzene rings is 1. The predicted octanol–water partition coefficient (Wildman–Crippen LogP) is 2.02. The second-order valence-electron chi connectivity index (χ2n) is 4.68. The van der Waals surface area contributed by atoms with Gasteiger partial charge < -0.3 is 4.84 Å². The van der Waals surface area contributed by atoms with E-state index in [9.17, 15) is 4.79 Å². The highest BCUT2D eigenvalue weighted by atomic mass is 16.6. The minimum Gasteiger partial charge on any atom is -0.301 e. The third-order valence-corrected chi connectivity index (χ3v) is 3.56. The molecule has 1 saturated heterocycles. The Labute approximate surface area is 100 Å². The molecule has 2 aliphatic rings. The third kappa shape index (κ3) is 2.04. The van der Waals surface area contributed by atoms with Crippen LogP contribution in [0.2, 0.25) is 0 Å². The van der Waals surface area contributed by atoms with Gasteiger partial charge in [-0.2, -0.15) is 5.48 Å². The number of carbonyl (C=O) groups excluding carboxylic acids is 1. The Morgan fingerprint density at radius 1 is 1.24 bits per heavy atom. The van der Waals surface area contributed by atoms with Crippen LogP contribution in [0, 0.1) is 11.8 Å². The number of rotatable bonds is 1. The highest BCUT2D eigenvalue weighted by Gasteiger charge is 2.36. The van der Waals surface area contributed by atoms with E-state index in [0.29, 0.717) is 24.9 Å². The molecule has 1 fully saturated rings. The largest absolute Gasteiger partial charge is 0.301 e. The molecule has 0 aromatic heterocycles. The molecule has 0 saturated carbocycles. The van der Waals surface area contributed by atoms with Gasteiger partial charge in [-0.05, 0) is 17.6 Å². The molecule has 1 aliphatic carbocycles. The maximum atomic E-state index is 11.4. The molecular weight excluding hydrogens is 214 g/mol. The van der Waals surface area contributed by atoms with Gasteiger partial charge in [-0.15, -0.1) is 0 Å². The lowest BCUT2D eigenvalue weighted by atomic mass is 9.77. The lowest BCUT2D eigenvalue weighted by molar-refractivity contribution is -0.122. The summed E-state index contributed by atoms with van der Waals surface area (Å²) in [7, 11) is 0. The number of hydrogen-bond acceptors (Lipinski definition) is 3. The Morgan fingerprint density at radius 3 is 2.88 bits per heavy atom. The molecule has 0 spiro atoms. The second kappa shape index (κ2) is 4.43. The highest BCUT2D eigenvalue weighted by Crippen LogP contribution is 2.36. The molecule has 1 aliphatic heterocycles. The number of ketones is 1. The van der Waals surface area contributed by atoms with E-state index in [1.54, 1.807) is 6.08 Å². The molecule has 17 heavy (non-hydrogen) atoms. The lowest BCUT2D eigenvalue weighted by Crippen LogP contribution is -2.42. The van der Waals surface area contributed by atoms with Gasteiger partial charge in [0.1, 0.15) is 0 Å². The van der Waals surface area contributed by atoms with Gasteiger partial charge in [-0.1, -0.05) is 36.4 Å². The van der Waals surface area contributed by atoms with Crippen LogP contribution in [0.3, 0.4) is 0 Å². The summed E-state index contributed by atoms with van der Waals surface area (Å²) in [6, 6.07) is 10.4. The van der Waals surface area contributed by atoms with Gasteiger partial charge in [0.2, 0.25) is 0 Å². The van der Waals surface area contributed by atoms with Crippen molar-refractivity contribution in [2.75, 3.05) is 6.61 Å². The molecule has 1 N–H and O–H groups in total. The monoisotopic (exact) mass is 229 g/mol. The van der Waals surface area contributed by atoms with E-state index in [2.05, 4.69) is 17.6 Å². The maximum absolute atomic E-state index is 11.4. The van der Waals surface area contributed by atoms with Crippen molar-refractivity contribution in [1.82, 2.24) is 5.48 Å². The Hall–Kier alpha value is -1.45. The number of fused-ring (bicyclic) bond motifs is 1. The first-order valence-corrected chi connectivity index (χ1v) is 5.98. The highest BCUT2D eigenvalue weighted by molar-refractivity contribution is 5.90. The van der Waals surface area contributed by atoms with Crippen LogP contribution in [-0.2, 0) is 9.63 Å². The van der Waals surface area contributed by atoms with E-state index in [0.717, 1.165) is 0 Å². The van der Waals surface area contributed by atoms with Crippen molar-refractivity contribution >= 4 is 5.78 Å². The number of hydrogen-bond donors (Lipinski definition) is 1. The molecule has 0 bridgehead atoms. The first-order chi connectivity index (χ1) is 8.34. The summed E-state index contributed by atoms with van der Waals surface area (Å²) in [6.07, 6.45) is 4.35. The Balaban J connectivity index is 1.90. The molecule has 0 amide bonds. The van der Waals surface area contributed by atoms with Crippen molar-refractivity contribution in [3.63, 3.8) is 0 Å². The Kier molecular flexibility index (Phi) is 2.79. The number of carbonyl (C=O) groups is 1. The standard InChI is InChI=1S/C14H15NO2/c16-12-6-7-13-11(8-12)9-17-15-14(13)10-4-2-1-3-5-10/h1-7,11,13-15H,8-9H2/t11-,13+,14-/m1/s1. The number of nitrogens with one attached hydrogen (secondary N) is 1. The average molecular weight is 229 g/mol. The topological polar surface area (TPSA) is 38.3 Å². The quantitative estimate of drug-likeness (QED) is 0.800. The van der Waals surface area contributed by atoms with Crippen LogP contribution < -0.4 is 5.48 Å². The summed E-state index contributed by atoms with van der Waals surface area (Å²) in [5, 5.41) is 0. The average Bonchev–Trinajstić information content (AvgIpc) is 2.39. The summed E-state index contributed by atoms with van der Waals surface area (Å²) in [6.45, 7) is 0.615. The Bertz CT molecular complexity index is 441. The van der Waals surface area contributed by atoms with Crippen molar-refractivity contribution in [3.8, 4) is 0 Å². The fraction of sp³-hybridized carbons (Fsp3) is 0.357. The molecule has 1 aromatic rings. The zero-order chi connectivity index (χ0) is 11.7. The number of hydroxylamine groups is 1. The predicted molar refractivity (Wildman–Crippen MR) is 64.0 cm³/mol. The maximum Gasteiger partial charge on any atom is 0.155 e. The van der Waals surface area contributed by atoms with Crippen LogP contribution in [0.4, 0.5) is 0 Å². The van der Waals surface area contributed by atoms with E-state index in [1.165, 1.54) is 5.56 Å².